The average Bonchev–Trinajstić information content (AvgIpc) is 3.41. The number of halogens is 1. The van der Waals surface area contributed by atoms with Gasteiger partial charge in [-0.3, -0.25) is 9.59 Å². The lowest BCUT2D eigenvalue weighted by Gasteiger charge is -2.25. The van der Waals surface area contributed by atoms with Crippen LogP contribution in [0.25, 0.3) is 16.7 Å². The highest BCUT2D eigenvalue weighted by atomic mass is 19.1. The predicted molar refractivity (Wildman–Crippen MR) is 147 cm³/mol. The summed E-state index contributed by atoms with van der Waals surface area (Å²) in [6.45, 7) is 8.37. The lowest BCUT2D eigenvalue weighted by atomic mass is 9.84. The van der Waals surface area contributed by atoms with Crippen LogP contribution in [0.3, 0.4) is 0 Å². The van der Waals surface area contributed by atoms with Gasteiger partial charge in [-0.05, 0) is 59.7 Å². The lowest BCUT2D eigenvalue weighted by Crippen LogP contribution is -2.31. The molecular formula is C32H31FN2O3. The molecule has 0 spiro atoms. The Morgan fingerprint density at radius 1 is 1.03 bits per heavy atom. The smallest absolute Gasteiger partial charge is 0.295 e. The lowest BCUT2D eigenvalue weighted by molar-refractivity contribution is -0.139. The molecule has 1 fully saturated rings. The third kappa shape index (κ3) is 4.51. The van der Waals surface area contributed by atoms with Gasteiger partial charge in [-0.2, -0.15) is 0 Å². The number of benzene rings is 3. The molecule has 1 aliphatic heterocycles. The predicted octanol–water partition coefficient (Wildman–Crippen LogP) is 6.58. The number of hydrogen-bond donors (Lipinski definition) is 2. The van der Waals surface area contributed by atoms with Gasteiger partial charge in [0.1, 0.15) is 11.6 Å². The number of fused-ring (bicyclic) bond motifs is 1. The zero-order valence-electron chi connectivity index (χ0n) is 22.0. The van der Waals surface area contributed by atoms with Crippen LogP contribution in [-0.2, 0) is 21.4 Å². The van der Waals surface area contributed by atoms with Crippen molar-refractivity contribution in [2.45, 2.75) is 45.6 Å². The largest absolute Gasteiger partial charge is 0.507 e. The molecule has 3 aromatic carbocycles. The topological polar surface area (TPSA) is 73.4 Å². The molecule has 6 heteroatoms. The molecule has 1 unspecified atom stereocenters. The van der Waals surface area contributed by atoms with Crippen LogP contribution in [0.1, 0.15) is 54.6 Å². The maximum Gasteiger partial charge on any atom is 0.295 e. The van der Waals surface area contributed by atoms with E-state index in [1.807, 2.05) is 49.4 Å². The number of ketones is 1. The van der Waals surface area contributed by atoms with Crippen molar-refractivity contribution in [3.8, 4) is 0 Å². The Kier molecular flexibility index (Phi) is 6.43. The maximum absolute atomic E-state index is 13.6. The van der Waals surface area contributed by atoms with E-state index in [0.29, 0.717) is 12.0 Å². The number of likely N-dealkylation sites (tertiary alicyclic amines) is 1. The van der Waals surface area contributed by atoms with Crippen molar-refractivity contribution in [2.75, 3.05) is 6.54 Å². The van der Waals surface area contributed by atoms with E-state index >= 15 is 0 Å². The molecule has 5 rings (SSSR count). The molecule has 2 N–H and O–H groups in total. The third-order valence-electron chi connectivity index (χ3n) is 7.37. The Bertz CT molecular complexity index is 1570. The molecule has 0 bridgehead atoms. The van der Waals surface area contributed by atoms with Crippen LogP contribution in [0.4, 0.5) is 4.39 Å². The van der Waals surface area contributed by atoms with E-state index in [-0.39, 0.29) is 29.1 Å². The molecule has 4 aromatic rings. The number of nitrogens with one attached hydrogen (secondary N) is 1. The van der Waals surface area contributed by atoms with E-state index in [2.05, 4.69) is 25.8 Å². The van der Waals surface area contributed by atoms with Gasteiger partial charge in [0, 0.05) is 34.8 Å². The fourth-order valence-electron chi connectivity index (χ4n) is 5.14. The monoisotopic (exact) mass is 510 g/mol. The number of aromatic nitrogens is 1. The van der Waals surface area contributed by atoms with Crippen LogP contribution in [-0.4, -0.2) is 33.2 Å². The van der Waals surface area contributed by atoms with Crippen LogP contribution < -0.4 is 0 Å². The van der Waals surface area contributed by atoms with Gasteiger partial charge in [-0.1, -0.05) is 63.2 Å². The molecule has 1 atom stereocenters. The number of amides is 1. The number of aromatic amines is 1. The number of aliphatic hydroxyl groups is 1. The van der Waals surface area contributed by atoms with Crippen molar-refractivity contribution in [3.05, 3.63) is 112 Å². The summed E-state index contributed by atoms with van der Waals surface area (Å²) in [4.78, 5) is 31.8. The standard InChI is InChI=1S/C32H31FN2O3/c1-19-9-12-21(32(2,3)4)17-24(19)29(36)27-28(25-18-34-26-8-6-5-7-23(25)26)35(31(38)30(27)37)16-15-20-10-13-22(33)14-11-20/h5-14,17-18,28,34,36H,15-16H2,1-4H3/b29-27+. The van der Waals surface area contributed by atoms with E-state index in [1.54, 1.807) is 18.3 Å². The van der Waals surface area contributed by atoms with Gasteiger partial charge < -0.3 is 15.0 Å². The third-order valence-corrected chi connectivity index (χ3v) is 7.37. The van der Waals surface area contributed by atoms with Gasteiger partial charge in [-0.15, -0.1) is 0 Å². The van der Waals surface area contributed by atoms with Crippen LogP contribution in [0.15, 0.2) is 78.5 Å². The number of hydrogen-bond acceptors (Lipinski definition) is 3. The summed E-state index contributed by atoms with van der Waals surface area (Å²) in [7, 11) is 0. The van der Waals surface area contributed by atoms with Gasteiger partial charge in [0.2, 0.25) is 0 Å². The second-order valence-corrected chi connectivity index (χ2v) is 10.9. The van der Waals surface area contributed by atoms with Gasteiger partial charge in [0.15, 0.2) is 0 Å². The first-order valence-corrected chi connectivity index (χ1v) is 12.8. The molecule has 5 nitrogen and oxygen atoms in total. The highest BCUT2D eigenvalue weighted by Crippen LogP contribution is 2.42. The Balaban J connectivity index is 1.66. The summed E-state index contributed by atoms with van der Waals surface area (Å²) < 4.78 is 13.4. The Morgan fingerprint density at radius 3 is 2.45 bits per heavy atom. The van der Waals surface area contributed by atoms with Crippen LogP contribution in [0, 0.1) is 12.7 Å². The number of H-pyrrole nitrogens is 1. The van der Waals surface area contributed by atoms with Crippen molar-refractivity contribution >= 4 is 28.4 Å². The van der Waals surface area contributed by atoms with Gasteiger partial charge in [-0.25, -0.2) is 4.39 Å². The zero-order chi connectivity index (χ0) is 27.2. The number of nitrogens with zero attached hydrogens (tertiary/aromatic N) is 1. The van der Waals surface area contributed by atoms with Crippen molar-refractivity contribution in [1.82, 2.24) is 9.88 Å². The Hall–Kier alpha value is -4.19. The van der Waals surface area contributed by atoms with Crippen molar-refractivity contribution < 1.29 is 19.1 Å². The molecule has 0 saturated carbocycles. The normalized spacial score (nSPS) is 17.5. The van der Waals surface area contributed by atoms with Crippen molar-refractivity contribution in [1.29, 1.82) is 0 Å². The van der Waals surface area contributed by atoms with Crippen LogP contribution in [0.5, 0.6) is 0 Å². The maximum atomic E-state index is 13.6. The summed E-state index contributed by atoms with van der Waals surface area (Å²) in [5.74, 6) is -1.88. The minimum absolute atomic E-state index is 0.0769. The molecule has 1 saturated heterocycles. The van der Waals surface area contributed by atoms with Gasteiger partial charge in [0.05, 0.1) is 11.6 Å². The molecule has 1 aliphatic rings. The van der Waals surface area contributed by atoms with E-state index in [4.69, 9.17) is 0 Å². The van der Waals surface area contributed by atoms with E-state index < -0.39 is 17.7 Å². The zero-order valence-corrected chi connectivity index (χ0v) is 22.0. The van der Waals surface area contributed by atoms with Gasteiger partial charge >= 0.3 is 0 Å². The second-order valence-electron chi connectivity index (χ2n) is 10.9. The molecule has 194 valence electrons. The molecular weight excluding hydrogens is 479 g/mol. The fraction of sp³-hybridized carbons (Fsp3) is 0.250. The first kappa shape index (κ1) is 25.5. The van der Waals surface area contributed by atoms with Crippen LogP contribution in [0.2, 0.25) is 0 Å². The minimum atomic E-state index is -0.774. The number of Topliss-reactive ketones (excluding diaryl/α,β-unsaturated/α-hetero) is 1. The van der Waals surface area contributed by atoms with Crippen LogP contribution >= 0.6 is 0 Å². The second kappa shape index (κ2) is 9.60. The van der Waals surface area contributed by atoms with E-state index in [0.717, 1.165) is 33.2 Å². The molecule has 0 radical (unpaired) electrons. The van der Waals surface area contributed by atoms with Crippen molar-refractivity contribution in [2.24, 2.45) is 0 Å². The summed E-state index contributed by atoms with van der Waals surface area (Å²) in [6, 6.07) is 18.9. The quantitative estimate of drug-likeness (QED) is 0.181. The van der Waals surface area contributed by atoms with Gasteiger partial charge in [0.25, 0.3) is 11.7 Å². The Morgan fingerprint density at radius 2 is 1.74 bits per heavy atom. The highest BCUT2D eigenvalue weighted by molar-refractivity contribution is 6.46. The molecule has 1 amide bonds. The SMILES string of the molecule is Cc1ccc(C(C)(C)C)cc1/C(O)=C1\C(=O)C(=O)N(CCc2ccc(F)cc2)C1c1c[nH]c2ccccc12. The molecule has 38 heavy (non-hydrogen) atoms. The highest BCUT2D eigenvalue weighted by Gasteiger charge is 2.46. The molecule has 1 aromatic heterocycles. The average molecular weight is 511 g/mol. The number of rotatable bonds is 5. The number of carbonyl (C=O) groups excluding carboxylic acids is 2. The Labute approximate surface area is 221 Å². The van der Waals surface area contributed by atoms with Crippen molar-refractivity contribution in [3.63, 3.8) is 0 Å². The number of carbonyl (C=O) groups is 2. The number of aryl methyl sites for hydroxylation is 1. The van der Waals surface area contributed by atoms with E-state index in [9.17, 15) is 19.1 Å². The first-order valence-electron chi connectivity index (χ1n) is 12.8. The van der Waals surface area contributed by atoms with E-state index in [1.165, 1.54) is 17.0 Å². The summed E-state index contributed by atoms with van der Waals surface area (Å²) in [5.41, 5.74) is 4.74. The summed E-state index contributed by atoms with van der Waals surface area (Å²) in [6.07, 6.45) is 2.24. The summed E-state index contributed by atoms with van der Waals surface area (Å²) in [5, 5.41) is 12.6. The fourth-order valence-corrected chi connectivity index (χ4v) is 5.14. The minimum Gasteiger partial charge on any atom is -0.507 e. The number of aliphatic hydroxyl groups excluding tert-OH is 1. The number of para-hydroxylation sites is 1. The first-order chi connectivity index (χ1) is 18.1. The molecule has 0 aliphatic carbocycles. The summed E-state index contributed by atoms with van der Waals surface area (Å²) >= 11 is 0. The molecule has 2 heterocycles.